The zero-order valence-electron chi connectivity index (χ0n) is 15.5. The van der Waals surface area contributed by atoms with Gasteiger partial charge in [0.25, 0.3) is 5.91 Å². The van der Waals surface area contributed by atoms with Gasteiger partial charge in [0.1, 0.15) is 11.8 Å². The maximum Gasteiger partial charge on any atom is 0.279 e. The van der Waals surface area contributed by atoms with Crippen LogP contribution in [0.1, 0.15) is 26.9 Å². The van der Waals surface area contributed by atoms with Crippen LogP contribution in [-0.4, -0.2) is 26.1 Å². The minimum absolute atomic E-state index is 0.0223. The van der Waals surface area contributed by atoms with Crippen molar-refractivity contribution in [3.05, 3.63) is 68.0 Å². The van der Waals surface area contributed by atoms with Gasteiger partial charge in [-0.15, -0.1) is 22.7 Å². The number of nitrogens with one attached hydrogen (secondary N) is 2. The third-order valence-electron chi connectivity index (χ3n) is 5.02. The van der Waals surface area contributed by atoms with Crippen molar-refractivity contribution in [2.24, 2.45) is 0 Å². The van der Waals surface area contributed by atoms with Crippen LogP contribution < -0.4 is 15.0 Å². The molecule has 27 heavy (non-hydrogen) atoms. The van der Waals surface area contributed by atoms with Crippen molar-refractivity contribution in [2.45, 2.75) is 19.4 Å². The average molecular weight is 400 g/mol. The molecule has 1 unspecified atom stereocenters. The summed E-state index contributed by atoms with van der Waals surface area (Å²) in [5, 5.41) is 7.34. The van der Waals surface area contributed by atoms with E-state index in [4.69, 9.17) is 4.74 Å². The molecule has 0 fully saturated rings. The van der Waals surface area contributed by atoms with Crippen molar-refractivity contribution in [2.75, 3.05) is 25.5 Å². The molecular weight excluding hydrogens is 376 g/mol. The highest BCUT2D eigenvalue weighted by Crippen LogP contribution is 2.31. The summed E-state index contributed by atoms with van der Waals surface area (Å²) in [5.74, 6) is 0.714. The van der Waals surface area contributed by atoms with Crippen LogP contribution in [0.3, 0.4) is 0 Å². The molecule has 0 saturated carbocycles. The van der Waals surface area contributed by atoms with Crippen molar-refractivity contribution in [3.63, 3.8) is 0 Å². The molecule has 4 rings (SSSR count). The highest BCUT2D eigenvalue weighted by Gasteiger charge is 2.35. The van der Waals surface area contributed by atoms with Gasteiger partial charge >= 0.3 is 0 Å². The van der Waals surface area contributed by atoms with Gasteiger partial charge in [-0.2, -0.15) is 0 Å². The molecule has 0 saturated heterocycles. The predicted molar refractivity (Wildman–Crippen MR) is 111 cm³/mol. The van der Waals surface area contributed by atoms with E-state index in [2.05, 4.69) is 34.3 Å². The average Bonchev–Trinajstić information content (AvgIpc) is 3.33. The molecule has 1 aliphatic heterocycles. The number of aryl methyl sites for hydroxylation is 1. The van der Waals surface area contributed by atoms with E-state index < -0.39 is 0 Å². The number of carbonyl (C=O) groups is 1. The second kappa shape index (κ2) is 7.84. The van der Waals surface area contributed by atoms with E-state index in [1.807, 2.05) is 36.5 Å². The molecule has 2 atom stereocenters. The van der Waals surface area contributed by atoms with E-state index in [1.165, 1.54) is 20.2 Å². The summed E-state index contributed by atoms with van der Waals surface area (Å²) in [7, 11) is 1.63. The number of amides is 1. The van der Waals surface area contributed by atoms with Crippen molar-refractivity contribution < 1.29 is 14.4 Å². The van der Waals surface area contributed by atoms with E-state index in [0.29, 0.717) is 12.3 Å². The number of methoxy groups -OCH3 is 1. The summed E-state index contributed by atoms with van der Waals surface area (Å²) >= 11 is 3.60. The second-order valence-corrected chi connectivity index (χ2v) is 8.81. The van der Waals surface area contributed by atoms with Crippen LogP contribution >= 0.6 is 22.7 Å². The number of hydrogen-bond acceptors (Lipinski definition) is 4. The maximum absolute atomic E-state index is 12.8. The Kier molecular flexibility index (Phi) is 5.29. The van der Waals surface area contributed by atoms with E-state index in [1.54, 1.807) is 18.4 Å². The lowest BCUT2D eigenvalue weighted by Gasteiger charge is -2.31. The fraction of sp³-hybridized carbons (Fsp3) is 0.286. The molecule has 3 aromatic rings. The molecule has 0 spiro atoms. The summed E-state index contributed by atoms with van der Waals surface area (Å²) in [4.78, 5) is 16.9. The van der Waals surface area contributed by atoms with Gasteiger partial charge in [-0.25, -0.2) is 0 Å². The van der Waals surface area contributed by atoms with Crippen LogP contribution in [0.5, 0.6) is 5.75 Å². The standard InChI is InChI=1S/C21H22N2O2S2/c1-14-5-6-17(25-2)16(12-14)22-20(24)13-23-9-7-18-15(8-11-27-18)21(23)19-4-3-10-26-19/h3-6,8,10-12,21H,7,9,13H2,1-2H3,(H,22,24)/p+1/t21-/m0/s1. The molecular formula is C21H23N2O2S2+. The molecule has 1 aliphatic rings. The molecule has 0 bridgehead atoms. The van der Waals surface area contributed by atoms with Crippen LogP contribution in [0.2, 0.25) is 0 Å². The third kappa shape index (κ3) is 3.78. The van der Waals surface area contributed by atoms with Crippen LogP contribution in [0.4, 0.5) is 5.69 Å². The lowest BCUT2D eigenvalue weighted by Crippen LogP contribution is -3.14. The Hall–Kier alpha value is -2.15. The number of quaternary nitrogens is 1. The van der Waals surface area contributed by atoms with Crippen LogP contribution in [0.25, 0.3) is 0 Å². The largest absolute Gasteiger partial charge is 0.495 e. The monoisotopic (exact) mass is 399 g/mol. The van der Waals surface area contributed by atoms with Gasteiger partial charge in [-0.3, -0.25) is 4.79 Å². The molecule has 6 heteroatoms. The number of rotatable bonds is 5. The zero-order valence-corrected chi connectivity index (χ0v) is 17.1. The number of fused-ring (bicyclic) bond motifs is 1. The SMILES string of the molecule is COc1ccc(C)cc1NC(=O)C[NH+]1CCc2sccc2[C@H]1c1cccs1. The first-order valence-corrected chi connectivity index (χ1v) is 10.8. The lowest BCUT2D eigenvalue weighted by atomic mass is 9.98. The number of benzene rings is 1. The number of thiophene rings is 2. The van der Waals surface area contributed by atoms with Gasteiger partial charge in [0.15, 0.2) is 6.54 Å². The van der Waals surface area contributed by atoms with E-state index in [-0.39, 0.29) is 11.9 Å². The Morgan fingerprint density at radius 1 is 1.26 bits per heavy atom. The highest BCUT2D eigenvalue weighted by molar-refractivity contribution is 7.10. The van der Waals surface area contributed by atoms with E-state index in [0.717, 1.165) is 24.2 Å². The summed E-state index contributed by atoms with van der Waals surface area (Å²) in [6.45, 7) is 3.42. The zero-order chi connectivity index (χ0) is 18.8. The molecule has 1 amide bonds. The normalized spacial score (nSPS) is 18.7. The smallest absolute Gasteiger partial charge is 0.279 e. The summed E-state index contributed by atoms with van der Waals surface area (Å²) in [5.41, 5.74) is 3.21. The second-order valence-electron chi connectivity index (χ2n) is 6.83. The Morgan fingerprint density at radius 2 is 2.15 bits per heavy atom. The van der Waals surface area contributed by atoms with Gasteiger partial charge in [0.05, 0.1) is 24.2 Å². The minimum atomic E-state index is 0.0223. The molecule has 2 aromatic heterocycles. The Balaban J connectivity index is 1.55. The maximum atomic E-state index is 12.8. The number of carbonyl (C=O) groups excluding carboxylic acids is 1. The van der Waals surface area contributed by atoms with Gasteiger partial charge in [-0.05, 0) is 47.5 Å². The first-order valence-electron chi connectivity index (χ1n) is 9.04. The summed E-state index contributed by atoms with van der Waals surface area (Å²) in [6, 6.07) is 12.6. The van der Waals surface area contributed by atoms with Crippen molar-refractivity contribution >= 4 is 34.3 Å². The van der Waals surface area contributed by atoms with Crippen molar-refractivity contribution in [3.8, 4) is 5.75 Å². The highest BCUT2D eigenvalue weighted by atomic mass is 32.1. The van der Waals surface area contributed by atoms with E-state index in [9.17, 15) is 4.79 Å². The van der Waals surface area contributed by atoms with Crippen LogP contribution in [-0.2, 0) is 11.2 Å². The minimum Gasteiger partial charge on any atom is -0.495 e. The Bertz CT molecular complexity index is 934. The van der Waals surface area contributed by atoms with Crippen molar-refractivity contribution in [1.82, 2.24) is 0 Å². The first-order chi connectivity index (χ1) is 13.2. The van der Waals surface area contributed by atoms with Crippen LogP contribution in [0, 0.1) is 6.92 Å². The Morgan fingerprint density at radius 3 is 2.93 bits per heavy atom. The topological polar surface area (TPSA) is 42.8 Å². The molecule has 140 valence electrons. The van der Waals surface area contributed by atoms with Gasteiger partial charge in [0, 0.05) is 16.9 Å². The molecule has 1 aromatic carbocycles. The molecule has 3 heterocycles. The van der Waals surface area contributed by atoms with Gasteiger partial charge in [0.2, 0.25) is 0 Å². The Labute approximate surface area is 167 Å². The number of ether oxygens (including phenoxy) is 1. The van der Waals surface area contributed by atoms with Gasteiger partial charge < -0.3 is 15.0 Å². The molecule has 2 N–H and O–H groups in total. The van der Waals surface area contributed by atoms with Crippen LogP contribution in [0.15, 0.2) is 47.2 Å². The quantitative estimate of drug-likeness (QED) is 0.691. The lowest BCUT2D eigenvalue weighted by molar-refractivity contribution is -0.919. The molecule has 0 radical (unpaired) electrons. The third-order valence-corrected chi connectivity index (χ3v) is 6.95. The first kappa shape index (κ1) is 18.2. The van der Waals surface area contributed by atoms with E-state index >= 15 is 0 Å². The summed E-state index contributed by atoms with van der Waals surface area (Å²) in [6.07, 6.45) is 1.03. The fourth-order valence-electron chi connectivity index (χ4n) is 3.77. The summed E-state index contributed by atoms with van der Waals surface area (Å²) < 4.78 is 5.39. The fourth-order valence-corrected chi connectivity index (χ4v) is 5.59. The predicted octanol–water partition coefficient (Wildman–Crippen LogP) is 3.30. The van der Waals surface area contributed by atoms with Gasteiger partial charge in [-0.1, -0.05) is 12.1 Å². The molecule has 4 nitrogen and oxygen atoms in total. The van der Waals surface area contributed by atoms with Crippen molar-refractivity contribution in [1.29, 1.82) is 0 Å². The molecule has 0 aliphatic carbocycles. The number of anilines is 1. The number of hydrogen-bond donors (Lipinski definition) is 2.